The van der Waals surface area contributed by atoms with E-state index in [0.29, 0.717) is 23.8 Å². The van der Waals surface area contributed by atoms with Crippen LogP contribution < -0.4 is 14.8 Å². The van der Waals surface area contributed by atoms with Crippen molar-refractivity contribution in [2.45, 2.75) is 32.1 Å². The number of hydrogen-bond donors (Lipinski definition) is 2. The molecule has 1 heterocycles. The molecule has 0 radical (unpaired) electrons. The number of benzene rings is 2. The number of ether oxygens (including phenoxy) is 2. The van der Waals surface area contributed by atoms with Crippen LogP contribution in [0.5, 0.6) is 11.5 Å². The lowest BCUT2D eigenvalue weighted by atomic mass is 9.83. The first kappa shape index (κ1) is 18.8. The molecule has 0 aliphatic carbocycles. The van der Waals surface area contributed by atoms with Gasteiger partial charge >= 0.3 is 5.97 Å². The second-order valence-electron chi connectivity index (χ2n) is 6.89. The Labute approximate surface area is 158 Å². The molecule has 1 atom stereocenters. The first-order valence-electron chi connectivity index (χ1n) is 8.85. The van der Waals surface area contributed by atoms with Crippen molar-refractivity contribution in [2.75, 3.05) is 19.0 Å². The zero-order valence-electron chi connectivity index (χ0n) is 15.6. The van der Waals surface area contributed by atoms with E-state index in [1.165, 1.54) is 5.56 Å². The molecular weight excluding hydrogens is 346 g/mol. The molecule has 1 aliphatic rings. The Morgan fingerprint density at radius 2 is 2.00 bits per heavy atom. The van der Waals surface area contributed by atoms with Crippen LogP contribution in [0.25, 0.3) is 0 Å². The van der Waals surface area contributed by atoms with Crippen LogP contribution in [0, 0.1) is 0 Å². The monoisotopic (exact) mass is 369 g/mol. The summed E-state index contributed by atoms with van der Waals surface area (Å²) in [5.41, 5.74) is 3.74. The van der Waals surface area contributed by atoms with Crippen molar-refractivity contribution in [3.63, 3.8) is 0 Å². The van der Waals surface area contributed by atoms with Crippen LogP contribution >= 0.6 is 0 Å². The zero-order chi connectivity index (χ0) is 19.6. The zero-order valence-corrected chi connectivity index (χ0v) is 15.6. The maximum atomic E-state index is 12.3. The molecule has 0 aromatic heterocycles. The number of aliphatic carboxylic acids is 1. The third-order valence-electron chi connectivity index (χ3n) is 4.72. The number of methoxy groups -OCH3 is 1. The summed E-state index contributed by atoms with van der Waals surface area (Å²) in [6.07, 6.45) is 0.320. The molecule has 0 unspecified atom stereocenters. The fourth-order valence-corrected chi connectivity index (χ4v) is 3.34. The predicted molar refractivity (Wildman–Crippen MR) is 102 cm³/mol. The van der Waals surface area contributed by atoms with E-state index < -0.39 is 12.6 Å². The van der Waals surface area contributed by atoms with Gasteiger partial charge in [-0.05, 0) is 29.2 Å². The van der Waals surface area contributed by atoms with Gasteiger partial charge in [-0.3, -0.25) is 4.79 Å². The molecule has 0 fully saturated rings. The SMILES string of the molecule is COc1ccc(C(C)C)cc1[C@H]1CC(=O)Nc2cc(OCC(=O)O)ccc21. The van der Waals surface area contributed by atoms with Crippen molar-refractivity contribution in [3.8, 4) is 11.5 Å². The number of rotatable bonds is 6. The number of fused-ring (bicyclic) bond motifs is 1. The van der Waals surface area contributed by atoms with E-state index in [1.54, 1.807) is 19.2 Å². The first-order valence-corrected chi connectivity index (χ1v) is 8.85. The molecule has 2 N–H and O–H groups in total. The van der Waals surface area contributed by atoms with Crippen LogP contribution in [0.1, 0.15) is 48.8 Å². The maximum Gasteiger partial charge on any atom is 0.341 e. The van der Waals surface area contributed by atoms with Crippen molar-refractivity contribution >= 4 is 17.6 Å². The Bertz CT molecular complexity index is 875. The molecular formula is C21H23NO5. The molecule has 0 saturated heterocycles. The Kier molecular flexibility index (Phi) is 5.35. The third kappa shape index (κ3) is 4.05. The number of nitrogens with one attached hydrogen (secondary N) is 1. The van der Waals surface area contributed by atoms with Gasteiger partial charge in [0.2, 0.25) is 5.91 Å². The van der Waals surface area contributed by atoms with Crippen molar-refractivity contribution in [1.82, 2.24) is 0 Å². The summed E-state index contributed by atoms with van der Waals surface area (Å²) in [7, 11) is 1.63. The summed E-state index contributed by atoms with van der Waals surface area (Å²) in [5, 5.41) is 11.6. The second kappa shape index (κ2) is 7.70. The highest BCUT2D eigenvalue weighted by molar-refractivity contribution is 5.95. The molecule has 6 nitrogen and oxygen atoms in total. The number of carboxylic acid groups (broad SMARTS) is 1. The lowest BCUT2D eigenvalue weighted by molar-refractivity contribution is -0.139. The summed E-state index contributed by atoms with van der Waals surface area (Å²) in [5.74, 6) is 0.218. The smallest absolute Gasteiger partial charge is 0.341 e. The molecule has 0 spiro atoms. The number of anilines is 1. The molecule has 1 aliphatic heterocycles. The fourth-order valence-electron chi connectivity index (χ4n) is 3.34. The van der Waals surface area contributed by atoms with E-state index in [4.69, 9.17) is 14.6 Å². The standard InChI is InChI=1S/C21H23NO5/c1-12(2)13-4-7-19(26-3)17(8-13)16-10-20(23)22-18-9-14(5-6-15(16)18)27-11-21(24)25/h4-9,12,16H,10-11H2,1-3H3,(H,22,23)(H,24,25)/t16-/m0/s1. The Morgan fingerprint density at radius 1 is 1.22 bits per heavy atom. The normalized spacial score (nSPS) is 15.9. The second-order valence-corrected chi connectivity index (χ2v) is 6.89. The first-order chi connectivity index (χ1) is 12.9. The van der Waals surface area contributed by atoms with Gasteiger partial charge in [0.25, 0.3) is 0 Å². The average Bonchev–Trinajstić information content (AvgIpc) is 2.64. The van der Waals surface area contributed by atoms with Crippen LogP contribution in [-0.2, 0) is 9.59 Å². The van der Waals surface area contributed by atoms with E-state index in [0.717, 1.165) is 16.9 Å². The summed E-state index contributed by atoms with van der Waals surface area (Å²) in [6, 6.07) is 11.4. The van der Waals surface area contributed by atoms with Crippen molar-refractivity contribution in [1.29, 1.82) is 0 Å². The van der Waals surface area contributed by atoms with Crippen molar-refractivity contribution in [2.24, 2.45) is 0 Å². The topological polar surface area (TPSA) is 84.9 Å². The summed E-state index contributed by atoms with van der Waals surface area (Å²) in [4.78, 5) is 23.0. The van der Waals surface area contributed by atoms with E-state index in [1.807, 2.05) is 18.2 Å². The van der Waals surface area contributed by atoms with Crippen LogP contribution in [0.2, 0.25) is 0 Å². The molecule has 27 heavy (non-hydrogen) atoms. The molecule has 2 aromatic rings. The minimum absolute atomic E-state index is 0.0973. The summed E-state index contributed by atoms with van der Waals surface area (Å²) in [6.45, 7) is 3.82. The summed E-state index contributed by atoms with van der Waals surface area (Å²) >= 11 is 0. The van der Waals surface area contributed by atoms with Gasteiger partial charge in [0.1, 0.15) is 11.5 Å². The minimum atomic E-state index is -1.05. The molecule has 0 saturated carbocycles. The maximum absolute atomic E-state index is 12.3. The molecule has 6 heteroatoms. The van der Waals surface area contributed by atoms with Crippen LogP contribution in [0.15, 0.2) is 36.4 Å². The van der Waals surface area contributed by atoms with Crippen molar-refractivity contribution in [3.05, 3.63) is 53.1 Å². The van der Waals surface area contributed by atoms with Gasteiger partial charge < -0.3 is 19.9 Å². The Balaban J connectivity index is 2.02. The van der Waals surface area contributed by atoms with E-state index in [-0.39, 0.29) is 11.8 Å². The number of carboxylic acids is 1. The van der Waals surface area contributed by atoms with Crippen molar-refractivity contribution < 1.29 is 24.2 Å². The molecule has 3 rings (SSSR count). The van der Waals surface area contributed by atoms with Gasteiger partial charge in [-0.2, -0.15) is 0 Å². The Morgan fingerprint density at radius 3 is 2.67 bits per heavy atom. The number of amides is 1. The minimum Gasteiger partial charge on any atom is -0.496 e. The van der Waals surface area contributed by atoms with E-state index >= 15 is 0 Å². The summed E-state index contributed by atoms with van der Waals surface area (Å²) < 4.78 is 10.8. The quantitative estimate of drug-likeness (QED) is 0.810. The number of hydrogen-bond acceptors (Lipinski definition) is 4. The van der Waals surface area contributed by atoms with E-state index in [2.05, 4.69) is 25.2 Å². The van der Waals surface area contributed by atoms with Gasteiger partial charge in [0.15, 0.2) is 6.61 Å². The predicted octanol–water partition coefficient (Wildman–Crippen LogP) is 3.76. The van der Waals surface area contributed by atoms with Crippen LogP contribution in [0.3, 0.4) is 0 Å². The largest absolute Gasteiger partial charge is 0.496 e. The molecule has 2 aromatic carbocycles. The highest BCUT2D eigenvalue weighted by Crippen LogP contribution is 2.42. The number of carbonyl (C=O) groups excluding carboxylic acids is 1. The van der Waals surface area contributed by atoms with Crippen LogP contribution in [0.4, 0.5) is 5.69 Å². The Hall–Kier alpha value is -3.02. The van der Waals surface area contributed by atoms with Gasteiger partial charge in [0.05, 0.1) is 7.11 Å². The van der Waals surface area contributed by atoms with Gasteiger partial charge in [-0.1, -0.05) is 32.0 Å². The molecule has 1 amide bonds. The van der Waals surface area contributed by atoms with Gasteiger partial charge in [0, 0.05) is 29.7 Å². The third-order valence-corrected chi connectivity index (χ3v) is 4.72. The lowest BCUT2D eigenvalue weighted by Crippen LogP contribution is -2.24. The highest BCUT2D eigenvalue weighted by Gasteiger charge is 2.29. The highest BCUT2D eigenvalue weighted by atomic mass is 16.5. The van der Waals surface area contributed by atoms with Crippen LogP contribution in [-0.4, -0.2) is 30.7 Å². The van der Waals surface area contributed by atoms with E-state index in [9.17, 15) is 9.59 Å². The lowest BCUT2D eigenvalue weighted by Gasteiger charge is -2.28. The van der Waals surface area contributed by atoms with Gasteiger partial charge in [-0.25, -0.2) is 4.79 Å². The molecule has 142 valence electrons. The van der Waals surface area contributed by atoms with Gasteiger partial charge in [-0.15, -0.1) is 0 Å². The molecule has 0 bridgehead atoms. The average molecular weight is 369 g/mol. The number of carbonyl (C=O) groups is 2. The fraction of sp³-hybridized carbons (Fsp3) is 0.333.